The smallest absolute Gasteiger partial charge is 0.250 e. The molecule has 0 bridgehead atoms. The Morgan fingerprint density at radius 1 is 1.27 bits per heavy atom. The van der Waals surface area contributed by atoms with E-state index in [1.54, 1.807) is 0 Å². The predicted molar refractivity (Wildman–Crippen MR) is 111 cm³/mol. The monoisotopic (exact) mass is 430 g/mol. The molecule has 0 saturated heterocycles. The van der Waals surface area contributed by atoms with Crippen LogP contribution in [0.3, 0.4) is 0 Å². The molecule has 2 aromatic carbocycles. The Balaban J connectivity index is 1.63. The van der Waals surface area contributed by atoms with E-state index >= 15 is 0 Å². The Morgan fingerprint density at radius 2 is 2.08 bits per heavy atom. The number of nitrogens with zero attached hydrogens (tertiary/aromatic N) is 3. The highest BCUT2D eigenvalue weighted by Crippen LogP contribution is 2.23. The largest absolute Gasteiger partial charge is 0.319 e. The minimum Gasteiger partial charge on any atom is -0.319 e. The molecule has 26 heavy (non-hydrogen) atoms. The van der Waals surface area contributed by atoms with Crippen molar-refractivity contribution in [2.45, 2.75) is 25.5 Å². The van der Waals surface area contributed by atoms with Crippen LogP contribution in [-0.2, 0) is 11.3 Å². The molecule has 0 saturated carbocycles. The van der Waals surface area contributed by atoms with Crippen molar-refractivity contribution in [2.75, 3.05) is 5.75 Å². The number of rotatable bonds is 6. The van der Waals surface area contributed by atoms with E-state index in [1.165, 1.54) is 11.8 Å². The number of fused-ring (bicyclic) bond motifs is 1. The van der Waals surface area contributed by atoms with Crippen molar-refractivity contribution < 1.29 is 4.79 Å². The van der Waals surface area contributed by atoms with Gasteiger partial charge in [-0.2, -0.15) is 5.10 Å². The molecule has 0 radical (unpaired) electrons. The maximum Gasteiger partial charge on any atom is 0.250 e. The van der Waals surface area contributed by atoms with E-state index in [0.29, 0.717) is 0 Å². The molecule has 1 amide bonds. The van der Waals surface area contributed by atoms with Crippen LogP contribution in [0.15, 0.2) is 63.3 Å². The van der Waals surface area contributed by atoms with Gasteiger partial charge in [-0.05, 0) is 43.7 Å². The summed E-state index contributed by atoms with van der Waals surface area (Å²) in [5.41, 5.74) is 6.36. The van der Waals surface area contributed by atoms with Crippen molar-refractivity contribution in [3.05, 3.63) is 58.6 Å². The van der Waals surface area contributed by atoms with E-state index in [1.807, 2.05) is 55.5 Å². The number of hydrogen-bond acceptors (Lipinski definition) is 4. The fraction of sp³-hybridized carbons (Fsp3) is 0.211. The van der Waals surface area contributed by atoms with E-state index in [-0.39, 0.29) is 11.7 Å². The number of hydrogen-bond donors (Lipinski definition) is 1. The van der Waals surface area contributed by atoms with Gasteiger partial charge in [0.15, 0.2) is 5.16 Å². The van der Waals surface area contributed by atoms with Gasteiger partial charge < -0.3 is 4.57 Å². The second kappa shape index (κ2) is 8.51. The van der Waals surface area contributed by atoms with Crippen LogP contribution in [0.2, 0.25) is 0 Å². The van der Waals surface area contributed by atoms with E-state index < -0.39 is 0 Å². The summed E-state index contributed by atoms with van der Waals surface area (Å²) in [5, 5.41) is 5.03. The summed E-state index contributed by atoms with van der Waals surface area (Å²) in [6.45, 7) is 4.75. The third-order valence-electron chi connectivity index (χ3n) is 3.86. The predicted octanol–water partition coefficient (Wildman–Crippen LogP) is 4.45. The molecular formula is C19H19BrN4OS. The Kier molecular flexibility index (Phi) is 6.11. The maximum atomic E-state index is 12.1. The van der Waals surface area contributed by atoms with Gasteiger partial charge in [0.1, 0.15) is 0 Å². The highest BCUT2D eigenvalue weighted by atomic mass is 79.9. The molecule has 0 aliphatic rings. The van der Waals surface area contributed by atoms with E-state index in [4.69, 9.17) is 0 Å². The van der Waals surface area contributed by atoms with Gasteiger partial charge in [-0.1, -0.05) is 52.0 Å². The Morgan fingerprint density at radius 3 is 2.85 bits per heavy atom. The van der Waals surface area contributed by atoms with Crippen LogP contribution >= 0.6 is 27.7 Å². The molecule has 1 heterocycles. The van der Waals surface area contributed by atoms with Gasteiger partial charge in [0.2, 0.25) is 0 Å². The summed E-state index contributed by atoms with van der Waals surface area (Å²) >= 11 is 4.85. The number of hydrazone groups is 1. The second-order valence-corrected chi connectivity index (χ2v) is 7.52. The lowest BCUT2D eigenvalue weighted by Gasteiger charge is -2.06. The first-order valence-electron chi connectivity index (χ1n) is 8.25. The van der Waals surface area contributed by atoms with Gasteiger partial charge in [-0.15, -0.1) is 0 Å². The summed E-state index contributed by atoms with van der Waals surface area (Å²) < 4.78 is 3.09. The van der Waals surface area contributed by atoms with Crippen LogP contribution < -0.4 is 5.43 Å². The van der Waals surface area contributed by atoms with Crippen molar-refractivity contribution >= 4 is 50.3 Å². The number of carbonyl (C=O) groups is 1. The molecule has 1 N–H and O–H groups in total. The lowest BCUT2D eigenvalue weighted by Crippen LogP contribution is -2.21. The fourth-order valence-electron chi connectivity index (χ4n) is 2.56. The Bertz CT molecular complexity index is 967. The van der Waals surface area contributed by atoms with Crippen molar-refractivity contribution in [3.63, 3.8) is 0 Å². The number of carbonyl (C=O) groups excluding carboxylic acids is 1. The van der Waals surface area contributed by atoms with Gasteiger partial charge in [0.05, 0.1) is 22.5 Å². The molecule has 134 valence electrons. The number of para-hydroxylation sites is 2. The van der Waals surface area contributed by atoms with Crippen molar-refractivity contribution in [2.24, 2.45) is 5.10 Å². The van der Waals surface area contributed by atoms with Gasteiger partial charge in [0, 0.05) is 11.0 Å². The van der Waals surface area contributed by atoms with E-state index in [0.717, 1.165) is 38.5 Å². The van der Waals surface area contributed by atoms with Crippen molar-refractivity contribution in [3.8, 4) is 0 Å². The zero-order valence-corrected chi connectivity index (χ0v) is 17.0. The number of amides is 1. The van der Waals surface area contributed by atoms with E-state index in [9.17, 15) is 4.79 Å². The van der Waals surface area contributed by atoms with Crippen molar-refractivity contribution in [1.29, 1.82) is 0 Å². The summed E-state index contributed by atoms with van der Waals surface area (Å²) in [6, 6.07) is 15.8. The average Bonchev–Trinajstić information content (AvgIpc) is 3.01. The Hall–Kier alpha value is -2.12. The number of aromatic nitrogens is 2. The average molecular weight is 431 g/mol. The number of nitrogens with one attached hydrogen (secondary N) is 1. The first-order chi connectivity index (χ1) is 12.6. The topological polar surface area (TPSA) is 59.3 Å². The summed E-state index contributed by atoms with van der Waals surface area (Å²) in [7, 11) is 0. The normalized spacial score (nSPS) is 11.7. The quantitative estimate of drug-likeness (QED) is 0.356. The molecule has 3 rings (SSSR count). The standard InChI is InChI=1S/C19H19BrN4OS/c1-3-24-17-10-5-4-9-16(17)21-19(24)26-12-18(25)23-22-13(2)14-7-6-8-15(20)11-14/h4-11H,3,12H2,1-2H3,(H,23,25). The fourth-order valence-corrected chi connectivity index (χ4v) is 3.83. The number of imidazole rings is 1. The maximum absolute atomic E-state index is 12.1. The molecule has 0 unspecified atom stereocenters. The number of thioether (sulfide) groups is 1. The van der Waals surface area contributed by atoms with Gasteiger partial charge in [-0.25, -0.2) is 10.4 Å². The lowest BCUT2D eigenvalue weighted by atomic mass is 10.1. The second-order valence-electron chi connectivity index (χ2n) is 5.66. The zero-order chi connectivity index (χ0) is 18.5. The number of aryl methyl sites for hydroxylation is 1. The zero-order valence-electron chi connectivity index (χ0n) is 14.6. The highest BCUT2D eigenvalue weighted by Gasteiger charge is 2.11. The van der Waals surface area contributed by atoms with E-state index in [2.05, 4.69) is 42.9 Å². The molecule has 0 spiro atoms. The molecule has 3 aromatic rings. The number of benzene rings is 2. The molecular weight excluding hydrogens is 412 g/mol. The summed E-state index contributed by atoms with van der Waals surface area (Å²) in [4.78, 5) is 16.8. The van der Waals surface area contributed by atoms with Crippen LogP contribution in [0.25, 0.3) is 11.0 Å². The number of halogens is 1. The van der Waals surface area contributed by atoms with Crippen LogP contribution in [0.1, 0.15) is 19.4 Å². The third-order valence-corrected chi connectivity index (χ3v) is 5.33. The van der Waals surface area contributed by atoms with Crippen LogP contribution in [0, 0.1) is 0 Å². The third kappa shape index (κ3) is 4.34. The molecule has 0 fully saturated rings. The highest BCUT2D eigenvalue weighted by molar-refractivity contribution is 9.10. The minimum atomic E-state index is -0.154. The van der Waals surface area contributed by atoms with Gasteiger partial charge in [0.25, 0.3) is 5.91 Å². The first kappa shape index (κ1) is 18.7. The SMILES string of the molecule is CCn1c(SCC(=O)NN=C(C)c2cccc(Br)c2)nc2ccccc21. The molecule has 0 aliphatic carbocycles. The molecule has 0 atom stereocenters. The van der Waals surface area contributed by atoms with Gasteiger partial charge >= 0.3 is 0 Å². The van der Waals surface area contributed by atoms with Crippen LogP contribution in [-0.4, -0.2) is 26.9 Å². The van der Waals surface area contributed by atoms with Crippen LogP contribution in [0.4, 0.5) is 0 Å². The molecule has 7 heteroatoms. The first-order valence-corrected chi connectivity index (χ1v) is 10.0. The lowest BCUT2D eigenvalue weighted by molar-refractivity contribution is -0.118. The molecule has 1 aromatic heterocycles. The molecule has 0 aliphatic heterocycles. The van der Waals surface area contributed by atoms with Gasteiger partial charge in [-0.3, -0.25) is 4.79 Å². The summed E-state index contributed by atoms with van der Waals surface area (Å²) in [6.07, 6.45) is 0. The van der Waals surface area contributed by atoms with Crippen LogP contribution in [0.5, 0.6) is 0 Å². The summed E-state index contributed by atoms with van der Waals surface area (Å²) in [5.74, 6) is 0.109. The molecule has 5 nitrogen and oxygen atoms in total. The minimum absolute atomic E-state index is 0.154. The van der Waals surface area contributed by atoms with Crippen molar-refractivity contribution in [1.82, 2.24) is 15.0 Å². The Labute approximate surface area is 165 Å².